The van der Waals surface area contributed by atoms with E-state index in [1.807, 2.05) is 0 Å². The van der Waals surface area contributed by atoms with Crippen LogP contribution in [0, 0.1) is 5.92 Å². The maximum absolute atomic E-state index is 4.84. The van der Waals surface area contributed by atoms with E-state index in [0.717, 1.165) is 12.3 Å². The average molecular weight is 219 g/mol. The van der Waals surface area contributed by atoms with E-state index in [9.17, 15) is 0 Å². The van der Waals surface area contributed by atoms with Crippen LogP contribution in [0.15, 0.2) is 6.20 Å². The highest BCUT2D eigenvalue weighted by Crippen LogP contribution is 2.31. The highest BCUT2D eigenvalue weighted by molar-refractivity contribution is 5.12. The van der Waals surface area contributed by atoms with Gasteiger partial charge < -0.3 is 4.57 Å². The minimum atomic E-state index is 0.577. The Kier molecular flexibility index (Phi) is 2.51. The van der Waals surface area contributed by atoms with E-state index in [-0.39, 0.29) is 0 Å². The molecule has 0 aliphatic carbocycles. The van der Waals surface area contributed by atoms with Gasteiger partial charge in [-0.05, 0) is 38.8 Å². The molecule has 16 heavy (non-hydrogen) atoms. The molecule has 3 rings (SSSR count). The van der Waals surface area contributed by atoms with Crippen LogP contribution in [0.5, 0.6) is 0 Å². The summed E-state index contributed by atoms with van der Waals surface area (Å²) in [5.41, 5.74) is 1.31. The lowest BCUT2D eigenvalue weighted by molar-refractivity contribution is 0.312. The van der Waals surface area contributed by atoms with Gasteiger partial charge in [-0.15, -0.1) is 0 Å². The van der Waals surface area contributed by atoms with Crippen molar-refractivity contribution in [3.63, 3.8) is 0 Å². The van der Waals surface area contributed by atoms with E-state index in [0.29, 0.717) is 6.04 Å². The third-order valence-electron chi connectivity index (χ3n) is 4.11. The fourth-order valence-corrected chi connectivity index (χ4v) is 3.08. The monoisotopic (exact) mass is 219 g/mol. The minimum Gasteiger partial charge on any atom is -0.334 e. The second-order valence-corrected chi connectivity index (χ2v) is 5.52. The van der Waals surface area contributed by atoms with Gasteiger partial charge in [0.25, 0.3) is 0 Å². The van der Waals surface area contributed by atoms with E-state index in [2.05, 4.69) is 29.6 Å². The van der Waals surface area contributed by atoms with Crippen LogP contribution in [0.3, 0.4) is 0 Å². The second kappa shape index (κ2) is 3.88. The van der Waals surface area contributed by atoms with Crippen LogP contribution in [0.4, 0.5) is 0 Å². The predicted octanol–water partition coefficient (Wildman–Crippen LogP) is 2.23. The number of rotatable bonds is 1. The Morgan fingerprint density at radius 2 is 2.25 bits per heavy atom. The smallest absolute Gasteiger partial charge is 0.109 e. The van der Waals surface area contributed by atoms with Gasteiger partial charge in [-0.1, -0.05) is 6.92 Å². The Balaban J connectivity index is 1.86. The van der Waals surface area contributed by atoms with Crippen molar-refractivity contribution in [3.8, 4) is 0 Å². The van der Waals surface area contributed by atoms with Gasteiger partial charge in [0, 0.05) is 19.2 Å². The van der Waals surface area contributed by atoms with Crippen LogP contribution in [-0.2, 0) is 13.0 Å². The maximum atomic E-state index is 4.84. The SMILES string of the molecule is CC1CCc2nc(C3CCCN3C)cn2C1. The zero-order valence-electron chi connectivity index (χ0n) is 10.3. The molecule has 0 N–H and O–H groups in total. The van der Waals surface area contributed by atoms with Gasteiger partial charge in [0.15, 0.2) is 0 Å². The lowest BCUT2D eigenvalue weighted by Gasteiger charge is -2.19. The molecule has 1 aromatic rings. The second-order valence-electron chi connectivity index (χ2n) is 5.52. The molecule has 1 saturated heterocycles. The fraction of sp³-hybridized carbons (Fsp3) is 0.769. The lowest BCUT2D eigenvalue weighted by atomic mass is 10.0. The summed E-state index contributed by atoms with van der Waals surface area (Å²) in [6.07, 6.45) is 7.37. The van der Waals surface area contributed by atoms with Crippen molar-refractivity contribution in [1.29, 1.82) is 0 Å². The number of hydrogen-bond acceptors (Lipinski definition) is 2. The molecule has 3 heterocycles. The summed E-state index contributed by atoms with van der Waals surface area (Å²) in [6, 6.07) is 0.577. The number of fused-ring (bicyclic) bond motifs is 1. The molecule has 0 spiro atoms. The van der Waals surface area contributed by atoms with Gasteiger partial charge in [0.05, 0.1) is 11.7 Å². The summed E-state index contributed by atoms with van der Waals surface area (Å²) in [7, 11) is 2.22. The first-order valence-electron chi connectivity index (χ1n) is 6.50. The molecule has 88 valence electrons. The van der Waals surface area contributed by atoms with Gasteiger partial charge in [0.2, 0.25) is 0 Å². The van der Waals surface area contributed by atoms with Crippen molar-refractivity contribution in [2.75, 3.05) is 13.6 Å². The molecule has 0 bridgehead atoms. The van der Waals surface area contributed by atoms with Gasteiger partial charge in [-0.25, -0.2) is 4.98 Å². The largest absolute Gasteiger partial charge is 0.334 e. The third-order valence-corrected chi connectivity index (χ3v) is 4.11. The molecule has 2 aliphatic heterocycles. The van der Waals surface area contributed by atoms with Crippen molar-refractivity contribution >= 4 is 0 Å². The van der Waals surface area contributed by atoms with Gasteiger partial charge in [-0.2, -0.15) is 0 Å². The van der Waals surface area contributed by atoms with Crippen molar-refractivity contribution in [1.82, 2.24) is 14.5 Å². The molecule has 3 nitrogen and oxygen atoms in total. The van der Waals surface area contributed by atoms with Crippen molar-refractivity contribution < 1.29 is 0 Å². The molecule has 3 heteroatoms. The van der Waals surface area contributed by atoms with E-state index in [1.165, 1.54) is 43.9 Å². The van der Waals surface area contributed by atoms with Crippen molar-refractivity contribution in [3.05, 3.63) is 17.7 Å². The Bertz CT molecular complexity index is 383. The molecule has 0 saturated carbocycles. The Hall–Kier alpha value is -0.830. The summed E-state index contributed by atoms with van der Waals surface area (Å²) >= 11 is 0. The molecule has 1 aromatic heterocycles. The van der Waals surface area contributed by atoms with Crippen LogP contribution >= 0.6 is 0 Å². The number of aryl methyl sites for hydroxylation is 1. The predicted molar refractivity (Wildman–Crippen MR) is 64.3 cm³/mol. The van der Waals surface area contributed by atoms with Crippen LogP contribution in [0.1, 0.15) is 43.7 Å². The zero-order chi connectivity index (χ0) is 11.1. The molecule has 0 amide bonds. The van der Waals surface area contributed by atoms with Crippen LogP contribution in [-0.4, -0.2) is 28.0 Å². The molecule has 2 unspecified atom stereocenters. The van der Waals surface area contributed by atoms with Crippen LogP contribution in [0.2, 0.25) is 0 Å². The standard InChI is InChI=1S/C13H21N3/c1-10-5-6-13-14-11(9-16(13)8-10)12-4-3-7-15(12)2/h9-10,12H,3-8H2,1-2H3. The van der Waals surface area contributed by atoms with Gasteiger partial charge >= 0.3 is 0 Å². The third kappa shape index (κ3) is 1.67. The summed E-state index contributed by atoms with van der Waals surface area (Å²) < 4.78 is 2.38. The topological polar surface area (TPSA) is 21.1 Å². The average Bonchev–Trinajstić information content (AvgIpc) is 2.82. The highest BCUT2D eigenvalue weighted by atomic mass is 15.2. The molecule has 0 aromatic carbocycles. The van der Waals surface area contributed by atoms with Crippen molar-refractivity contribution in [2.45, 2.75) is 45.2 Å². The highest BCUT2D eigenvalue weighted by Gasteiger charge is 2.27. The first-order chi connectivity index (χ1) is 7.74. The fourth-order valence-electron chi connectivity index (χ4n) is 3.08. The first kappa shape index (κ1) is 10.3. The zero-order valence-corrected chi connectivity index (χ0v) is 10.3. The molecule has 1 fully saturated rings. The summed E-state index contributed by atoms with van der Waals surface area (Å²) in [4.78, 5) is 7.28. The van der Waals surface area contributed by atoms with E-state index < -0.39 is 0 Å². The van der Waals surface area contributed by atoms with E-state index >= 15 is 0 Å². The molecule has 0 radical (unpaired) electrons. The van der Waals surface area contributed by atoms with Crippen molar-refractivity contribution in [2.24, 2.45) is 5.92 Å². The maximum Gasteiger partial charge on any atom is 0.109 e. The summed E-state index contributed by atoms with van der Waals surface area (Å²) in [5, 5.41) is 0. The summed E-state index contributed by atoms with van der Waals surface area (Å²) in [6.45, 7) is 4.73. The van der Waals surface area contributed by atoms with Crippen LogP contribution < -0.4 is 0 Å². The Labute approximate surface area is 97.5 Å². The van der Waals surface area contributed by atoms with E-state index in [1.54, 1.807) is 0 Å². The Morgan fingerprint density at radius 3 is 3.00 bits per heavy atom. The molecular weight excluding hydrogens is 198 g/mol. The molecular formula is C13H21N3. The quantitative estimate of drug-likeness (QED) is 0.722. The number of aromatic nitrogens is 2. The normalized spacial score (nSPS) is 30.6. The molecule has 2 aliphatic rings. The Morgan fingerprint density at radius 1 is 1.38 bits per heavy atom. The van der Waals surface area contributed by atoms with E-state index in [4.69, 9.17) is 4.98 Å². The number of likely N-dealkylation sites (tertiary alicyclic amines) is 1. The molecule has 2 atom stereocenters. The lowest BCUT2D eigenvalue weighted by Crippen LogP contribution is -2.17. The number of hydrogen-bond donors (Lipinski definition) is 0. The minimum absolute atomic E-state index is 0.577. The number of imidazole rings is 1. The summed E-state index contributed by atoms with van der Waals surface area (Å²) in [5.74, 6) is 2.13. The van der Waals surface area contributed by atoms with Crippen LogP contribution in [0.25, 0.3) is 0 Å². The first-order valence-corrected chi connectivity index (χ1v) is 6.50. The number of nitrogens with zero attached hydrogens (tertiary/aromatic N) is 3. The van der Waals surface area contributed by atoms with Gasteiger partial charge in [-0.3, -0.25) is 4.90 Å². The van der Waals surface area contributed by atoms with Gasteiger partial charge in [0.1, 0.15) is 5.82 Å².